The van der Waals surface area contributed by atoms with E-state index >= 15 is 0 Å². The Balaban J connectivity index is 1.65. The van der Waals surface area contributed by atoms with Gasteiger partial charge in [-0.25, -0.2) is 13.8 Å². The third-order valence-electron chi connectivity index (χ3n) is 3.66. The molecular weight excluding hydrogens is 358 g/mol. The van der Waals surface area contributed by atoms with Crippen LogP contribution >= 0.6 is 11.6 Å². The van der Waals surface area contributed by atoms with Crippen LogP contribution in [0.15, 0.2) is 48.5 Å². The number of hydrogen-bond donors (Lipinski definition) is 2. The lowest BCUT2D eigenvalue weighted by Gasteiger charge is -2.10. The number of aryl methyl sites for hydroxylation is 1. The average Bonchev–Trinajstić information content (AvgIpc) is 2.59. The molecule has 0 atom stereocenters. The van der Waals surface area contributed by atoms with Crippen molar-refractivity contribution in [2.75, 3.05) is 17.2 Å². The van der Waals surface area contributed by atoms with E-state index < -0.39 is 11.6 Å². The summed E-state index contributed by atoms with van der Waals surface area (Å²) in [6, 6.07) is 13.0. The SMILES string of the molecule is Cc1cc(NCCc2ccc(Cl)cc2)nc(Nc2ccc(F)c(F)c2)n1. The van der Waals surface area contributed by atoms with Crippen molar-refractivity contribution in [1.82, 2.24) is 9.97 Å². The van der Waals surface area contributed by atoms with Crippen LogP contribution in [0.4, 0.5) is 26.2 Å². The minimum absolute atomic E-state index is 0.310. The topological polar surface area (TPSA) is 49.8 Å². The standard InChI is InChI=1S/C19H17ClF2N4/c1-12-10-18(23-9-8-13-2-4-14(20)5-3-13)26-19(24-12)25-15-6-7-16(21)17(22)11-15/h2-7,10-11H,8-9H2,1H3,(H2,23,24,25,26). The molecule has 2 N–H and O–H groups in total. The highest BCUT2D eigenvalue weighted by atomic mass is 35.5. The number of nitrogens with zero attached hydrogens (tertiary/aromatic N) is 2. The molecule has 2 aromatic carbocycles. The Kier molecular flexibility index (Phi) is 5.63. The average molecular weight is 375 g/mol. The number of aromatic nitrogens is 2. The van der Waals surface area contributed by atoms with Gasteiger partial charge in [0.25, 0.3) is 0 Å². The van der Waals surface area contributed by atoms with Gasteiger partial charge in [0.05, 0.1) is 0 Å². The molecule has 134 valence electrons. The van der Waals surface area contributed by atoms with Crippen LogP contribution < -0.4 is 10.6 Å². The number of benzene rings is 2. The van der Waals surface area contributed by atoms with Crippen LogP contribution in [0.2, 0.25) is 5.02 Å². The highest BCUT2D eigenvalue weighted by molar-refractivity contribution is 6.30. The van der Waals surface area contributed by atoms with Crippen molar-refractivity contribution in [3.05, 3.63) is 76.4 Å². The van der Waals surface area contributed by atoms with Gasteiger partial charge in [0, 0.05) is 35.1 Å². The molecule has 1 aromatic heterocycles. The number of halogens is 3. The zero-order valence-corrected chi connectivity index (χ0v) is 14.8. The largest absolute Gasteiger partial charge is 0.370 e. The van der Waals surface area contributed by atoms with Crippen molar-refractivity contribution in [2.45, 2.75) is 13.3 Å². The summed E-state index contributed by atoms with van der Waals surface area (Å²) in [7, 11) is 0. The Morgan fingerprint density at radius 3 is 2.46 bits per heavy atom. The fraction of sp³-hybridized carbons (Fsp3) is 0.158. The summed E-state index contributed by atoms with van der Waals surface area (Å²) in [5, 5.41) is 6.83. The Morgan fingerprint density at radius 2 is 1.73 bits per heavy atom. The van der Waals surface area contributed by atoms with Crippen LogP contribution in [-0.4, -0.2) is 16.5 Å². The third kappa shape index (κ3) is 4.89. The van der Waals surface area contributed by atoms with Gasteiger partial charge < -0.3 is 10.6 Å². The number of anilines is 3. The van der Waals surface area contributed by atoms with E-state index in [0.717, 1.165) is 29.8 Å². The lowest BCUT2D eigenvalue weighted by atomic mass is 10.1. The molecule has 0 aliphatic rings. The Morgan fingerprint density at radius 1 is 0.962 bits per heavy atom. The van der Waals surface area contributed by atoms with Gasteiger partial charge in [0.1, 0.15) is 5.82 Å². The molecule has 0 aliphatic heterocycles. The molecule has 0 aliphatic carbocycles. The molecule has 0 fully saturated rings. The van der Waals surface area contributed by atoms with Crippen molar-refractivity contribution in [3.8, 4) is 0 Å². The zero-order valence-electron chi connectivity index (χ0n) is 14.1. The predicted molar refractivity (Wildman–Crippen MR) is 100 cm³/mol. The molecule has 0 unspecified atom stereocenters. The Labute approximate surface area is 155 Å². The van der Waals surface area contributed by atoms with Crippen LogP contribution in [0.5, 0.6) is 0 Å². The Hall–Kier alpha value is -2.73. The Bertz CT molecular complexity index is 901. The van der Waals surface area contributed by atoms with Crippen LogP contribution in [0.3, 0.4) is 0 Å². The third-order valence-corrected chi connectivity index (χ3v) is 3.91. The number of rotatable bonds is 6. The van der Waals surface area contributed by atoms with Crippen LogP contribution in [0.25, 0.3) is 0 Å². The van der Waals surface area contributed by atoms with E-state index in [9.17, 15) is 8.78 Å². The van der Waals surface area contributed by atoms with Crippen LogP contribution in [0, 0.1) is 18.6 Å². The first-order chi connectivity index (χ1) is 12.5. The van der Waals surface area contributed by atoms with E-state index in [1.165, 1.54) is 6.07 Å². The van der Waals surface area contributed by atoms with Gasteiger partial charge in [0.15, 0.2) is 11.6 Å². The van der Waals surface area contributed by atoms with E-state index in [0.29, 0.717) is 29.0 Å². The lowest BCUT2D eigenvalue weighted by molar-refractivity contribution is 0.509. The molecule has 0 bridgehead atoms. The van der Waals surface area contributed by atoms with Gasteiger partial charge in [-0.1, -0.05) is 23.7 Å². The highest BCUT2D eigenvalue weighted by Crippen LogP contribution is 2.18. The maximum absolute atomic E-state index is 13.3. The summed E-state index contributed by atoms with van der Waals surface area (Å²) >= 11 is 5.88. The lowest BCUT2D eigenvalue weighted by Crippen LogP contribution is -2.08. The predicted octanol–water partition coefficient (Wildman–Crippen LogP) is 5.11. The molecule has 1 heterocycles. The summed E-state index contributed by atoms with van der Waals surface area (Å²) < 4.78 is 26.3. The summed E-state index contributed by atoms with van der Waals surface area (Å²) in [5.41, 5.74) is 2.29. The van der Waals surface area contributed by atoms with Crippen LogP contribution in [0.1, 0.15) is 11.3 Å². The second-order valence-electron chi connectivity index (χ2n) is 5.78. The molecule has 26 heavy (non-hydrogen) atoms. The van der Waals surface area contributed by atoms with Crippen molar-refractivity contribution in [1.29, 1.82) is 0 Å². The smallest absolute Gasteiger partial charge is 0.229 e. The monoisotopic (exact) mass is 374 g/mol. The van der Waals surface area contributed by atoms with Crippen molar-refractivity contribution in [2.24, 2.45) is 0 Å². The molecule has 0 spiro atoms. The van der Waals surface area contributed by atoms with E-state index in [-0.39, 0.29) is 0 Å². The highest BCUT2D eigenvalue weighted by Gasteiger charge is 2.06. The van der Waals surface area contributed by atoms with Gasteiger partial charge in [-0.15, -0.1) is 0 Å². The van der Waals surface area contributed by atoms with Gasteiger partial charge in [0.2, 0.25) is 5.95 Å². The number of hydrogen-bond acceptors (Lipinski definition) is 4. The normalized spacial score (nSPS) is 10.6. The van der Waals surface area contributed by atoms with Crippen molar-refractivity contribution < 1.29 is 8.78 Å². The van der Waals surface area contributed by atoms with Gasteiger partial charge in [-0.05, 0) is 43.2 Å². The molecule has 0 radical (unpaired) electrons. The van der Waals surface area contributed by atoms with E-state index in [2.05, 4.69) is 20.6 Å². The zero-order chi connectivity index (χ0) is 18.5. The second-order valence-corrected chi connectivity index (χ2v) is 6.21. The fourth-order valence-corrected chi connectivity index (χ4v) is 2.53. The van der Waals surface area contributed by atoms with E-state index in [1.54, 1.807) is 0 Å². The molecule has 0 amide bonds. The first-order valence-electron chi connectivity index (χ1n) is 8.06. The molecule has 3 rings (SSSR count). The van der Waals surface area contributed by atoms with Crippen molar-refractivity contribution in [3.63, 3.8) is 0 Å². The second kappa shape index (κ2) is 8.10. The van der Waals surface area contributed by atoms with E-state index in [4.69, 9.17) is 11.6 Å². The minimum Gasteiger partial charge on any atom is -0.370 e. The summed E-state index contributed by atoms with van der Waals surface area (Å²) in [4.78, 5) is 8.62. The minimum atomic E-state index is -0.927. The van der Waals surface area contributed by atoms with Crippen molar-refractivity contribution >= 4 is 29.1 Å². The van der Waals surface area contributed by atoms with E-state index in [1.807, 2.05) is 37.3 Å². The first kappa shape index (κ1) is 18.1. The molecule has 4 nitrogen and oxygen atoms in total. The summed E-state index contributed by atoms with van der Waals surface area (Å²) in [5.74, 6) is -0.865. The van der Waals surface area contributed by atoms with Gasteiger partial charge >= 0.3 is 0 Å². The van der Waals surface area contributed by atoms with Gasteiger partial charge in [-0.3, -0.25) is 0 Å². The maximum atomic E-state index is 13.3. The molecular formula is C19H17ClF2N4. The van der Waals surface area contributed by atoms with Gasteiger partial charge in [-0.2, -0.15) is 4.98 Å². The fourth-order valence-electron chi connectivity index (χ4n) is 2.40. The summed E-state index contributed by atoms with van der Waals surface area (Å²) in [6.07, 6.45) is 0.812. The van der Waals surface area contributed by atoms with Crippen LogP contribution in [-0.2, 0) is 6.42 Å². The number of nitrogens with one attached hydrogen (secondary N) is 2. The molecule has 0 saturated carbocycles. The maximum Gasteiger partial charge on any atom is 0.229 e. The summed E-state index contributed by atoms with van der Waals surface area (Å²) in [6.45, 7) is 2.52. The molecule has 3 aromatic rings. The molecule has 0 saturated heterocycles. The quantitative estimate of drug-likeness (QED) is 0.629. The molecule has 7 heteroatoms. The first-order valence-corrected chi connectivity index (χ1v) is 8.43.